The number of carbonyl (C=O) groups is 1. The summed E-state index contributed by atoms with van der Waals surface area (Å²) >= 11 is 1.86. The Labute approximate surface area is 95.1 Å². The Hall–Kier alpha value is -0.220. The molecule has 2 rings (SSSR count). The second-order valence-corrected chi connectivity index (χ2v) is 5.85. The minimum absolute atomic E-state index is 0.0874. The van der Waals surface area contributed by atoms with Crippen LogP contribution in [0.15, 0.2) is 0 Å². The Morgan fingerprint density at radius 2 is 2.27 bits per heavy atom. The average molecular weight is 229 g/mol. The van der Waals surface area contributed by atoms with Crippen molar-refractivity contribution in [3.05, 3.63) is 0 Å². The van der Waals surface area contributed by atoms with Gasteiger partial charge >= 0.3 is 5.97 Å². The molecule has 1 saturated carbocycles. The highest BCUT2D eigenvalue weighted by molar-refractivity contribution is 8.00. The maximum absolute atomic E-state index is 11.7. The van der Waals surface area contributed by atoms with E-state index in [0.717, 1.165) is 25.0 Å². The number of fused-ring (bicyclic) bond motifs is 1. The van der Waals surface area contributed by atoms with E-state index in [1.807, 2.05) is 11.8 Å². The predicted molar refractivity (Wildman–Crippen MR) is 61.8 cm³/mol. The molecule has 1 saturated heterocycles. The van der Waals surface area contributed by atoms with Crippen LogP contribution < -0.4 is 5.73 Å². The molecule has 2 N–H and O–H groups in total. The molecule has 1 aliphatic carbocycles. The van der Waals surface area contributed by atoms with Crippen molar-refractivity contribution < 1.29 is 9.53 Å². The summed E-state index contributed by atoms with van der Waals surface area (Å²) in [5, 5.41) is 0.462. The van der Waals surface area contributed by atoms with Gasteiger partial charge < -0.3 is 10.5 Å². The van der Waals surface area contributed by atoms with Crippen LogP contribution in [0.1, 0.15) is 32.1 Å². The summed E-state index contributed by atoms with van der Waals surface area (Å²) in [6, 6.07) is 0. The molecule has 0 bridgehead atoms. The number of esters is 1. The number of carbonyl (C=O) groups excluding carboxylic acids is 1. The van der Waals surface area contributed by atoms with Gasteiger partial charge in [0.2, 0.25) is 0 Å². The van der Waals surface area contributed by atoms with E-state index in [0.29, 0.717) is 5.25 Å². The zero-order valence-electron chi connectivity index (χ0n) is 9.20. The molecule has 1 heterocycles. The van der Waals surface area contributed by atoms with E-state index in [-0.39, 0.29) is 17.4 Å². The Morgan fingerprint density at radius 3 is 3.00 bits per heavy atom. The molecule has 0 aromatic heterocycles. The van der Waals surface area contributed by atoms with Crippen molar-refractivity contribution in [2.24, 2.45) is 11.7 Å². The van der Waals surface area contributed by atoms with Crippen LogP contribution in [0.25, 0.3) is 0 Å². The summed E-state index contributed by atoms with van der Waals surface area (Å²) in [6.07, 6.45) is 5.80. The van der Waals surface area contributed by atoms with E-state index >= 15 is 0 Å². The van der Waals surface area contributed by atoms with Crippen LogP contribution >= 0.6 is 11.8 Å². The zero-order chi connectivity index (χ0) is 10.9. The number of rotatable bonds is 1. The van der Waals surface area contributed by atoms with Gasteiger partial charge in [0.1, 0.15) is 0 Å². The van der Waals surface area contributed by atoms with Crippen molar-refractivity contribution in [2.45, 2.75) is 42.9 Å². The molecule has 3 unspecified atom stereocenters. The average Bonchev–Trinajstić information content (AvgIpc) is 2.43. The monoisotopic (exact) mass is 229 g/mol. The third-order valence-electron chi connectivity index (χ3n) is 3.77. The molecule has 0 amide bonds. The van der Waals surface area contributed by atoms with Crippen molar-refractivity contribution in [3.63, 3.8) is 0 Å². The molecule has 0 aromatic rings. The first-order valence-corrected chi connectivity index (χ1v) is 6.71. The van der Waals surface area contributed by atoms with Crippen molar-refractivity contribution in [1.82, 2.24) is 0 Å². The van der Waals surface area contributed by atoms with E-state index in [1.165, 1.54) is 20.0 Å². The number of hydrogen-bond acceptors (Lipinski definition) is 4. The van der Waals surface area contributed by atoms with Gasteiger partial charge in [-0.05, 0) is 12.8 Å². The molecule has 0 spiro atoms. The molecule has 4 heteroatoms. The summed E-state index contributed by atoms with van der Waals surface area (Å²) in [5.41, 5.74) is 6.17. The highest BCUT2D eigenvalue weighted by atomic mass is 32.2. The van der Waals surface area contributed by atoms with Gasteiger partial charge in [0, 0.05) is 16.5 Å². The fourth-order valence-corrected chi connectivity index (χ4v) is 4.60. The second kappa shape index (κ2) is 4.34. The lowest BCUT2D eigenvalue weighted by Gasteiger charge is -2.33. The third kappa shape index (κ3) is 1.89. The third-order valence-corrected chi connectivity index (χ3v) is 5.38. The molecule has 3 nitrogen and oxygen atoms in total. The van der Waals surface area contributed by atoms with Crippen LogP contribution in [0.3, 0.4) is 0 Å². The molecule has 86 valence electrons. The smallest absolute Gasteiger partial charge is 0.311 e. The molecular weight excluding hydrogens is 210 g/mol. The Bertz CT molecular complexity index is 259. The highest BCUT2D eigenvalue weighted by Crippen LogP contribution is 2.46. The number of methoxy groups -OCH3 is 1. The van der Waals surface area contributed by atoms with Gasteiger partial charge in [0.25, 0.3) is 0 Å². The van der Waals surface area contributed by atoms with Crippen LogP contribution in [0, 0.1) is 5.92 Å². The fraction of sp³-hybridized carbons (Fsp3) is 0.909. The summed E-state index contributed by atoms with van der Waals surface area (Å²) in [7, 11) is 1.46. The summed E-state index contributed by atoms with van der Waals surface area (Å²) in [4.78, 5) is 11.7. The van der Waals surface area contributed by atoms with Gasteiger partial charge in [-0.1, -0.05) is 19.3 Å². The Balaban J connectivity index is 2.18. The van der Waals surface area contributed by atoms with Crippen molar-refractivity contribution in [2.75, 3.05) is 12.9 Å². The summed E-state index contributed by atoms with van der Waals surface area (Å²) < 4.78 is 4.86. The first-order chi connectivity index (χ1) is 7.18. The summed E-state index contributed by atoms with van der Waals surface area (Å²) in [6.45, 7) is 0. The molecule has 2 aliphatic rings. The normalized spacial score (nSPS) is 40.7. The van der Waals surface area contributed by atoms with Gasteiger partial charge in [-0.2, -0.15) is 11.8 Å². The Morgan fingerprint density at radius 1 is 1.47 bits per heavy atom. The molecule has 1 aliphatic heterocycles. The minimum Gasteiger partial charge on any atom is -0.469 e. The van der Waals surface area contributed by atoms with Gasteiger partial charge in [-0.25, -0.2) is 0 Å². The Kier molecular flexibility index (Phi) is 3.26. The largest absolute Gasteiger partial charge is 0.469 e. The number of ether oxygens (including phenoxy) is 1. The van der Waals surface area contributed by atoms with E-state index in [2.05, 4.69) is 0 Å². The van der Waals surface area contributed by atoms with E-state index in [9.17, 15) is 4.79 Å². The molecule has 3 atom stereocenters. The van der Waals surface area contributed by atoms with E-state index < -0.39 is 0 Å². The van der Waals surface area contributed by atoms with E-state index in [4.69, 9.17) is 10.5 Å². The molecule has 2 fully saturated rings. The lowest BCUT2D eigenvalue weighted by atomic mass is 9.80. The molecule has 15 heavy (non-hydrogen) atoms. The number of nitrogens with two attached hydrogens (primary N) is 1. The zero-order valence-corrected chi connectivity index (χ0v) is 10.0. The highest BCUT2D eigenvalue weighted by Gasteiger charge is 2.51. The lowest BCUT2D eigenvalue weighted by Crippen LogP contribution is -2.53. The van der Waals surface area contributed by atoms with Crippen LogP contribution in [-0.4, -0.2) is 29.6 Å². The molecule has 0 aromatic carbocycles. The van der Waals surface area contributed by atoms with Crippen LogP contribution in [0.4, 0.5) is 0 Å². The maximum Gasteiger partial charge on any atom is 0.311 e. The van der Waals surface area contributed by atoms with Crippen molar-refractivity contribution in [3.8, 4) is 0 Å². The quantitative estimate of drug-likeness (QED) is 0.693. The first kappa shape index (κ1) is 11.3. The standard InChI is InChI=1S/C11H19NO2S/c1-14-10(13)8-7-15-9-5-3-2-4-6-11(8,9)12/h8-9H,2-7,12H2,1H3. The van der Waals surface area contributed by atoms with Gasteiger partial charge in [-0.3, -0.25) is 4.79 Å². The van der Waals surface area contributed by atoms with Crippen molar-refractivity contribution >= 4 is 17.7 Å². The lowest BCUT2D eigenvalue weighted by molar-refractivity contribution is -0.146. The first-order valence-electron chi connectivity index (χ1n) is 5.67. The minimum atomic E-state index is -0.297. The van der Waals surface area contributed by atoms with Crippen LogP contribution in [0.5, 0.6) is 0 Å². The number of thioether (sulfide) groups is 1. The van der Waals surface area contributed by atoms with Gasteiger partial charge in [-0.15, -0.1) is 0 Å². The van der Waals surface area contributed by atoms with Gasteiger partial charge in [0.05, 0.1) is 13.0 Å². The van der Waals surface area contributed by atoms with Crippen LogP contribution in [-0.2, 0) is 9.53 Å². The number of hydrogen-bond donors (Lipinski definition) is 1. The summed E-state index contributed by atoms with van der Waals surface area (Å²) in [5.74, 6) is 0.637. The molecule has 0 radical (unpaired) electrons. The van der Waals surface area contributed by atoms with Crippen molar-refractivity contribution in [1.29, 1.82) is 0 Å². The van der Waals surface area contributed by atoms with E-state index in [1.54, 1.807) is 0 Å². The van der Waals surface area contributed by atoms with Crippen LogP contribution in [0.2, 0.25) is 0 Å². The SMILES string of the molecule is COC(=O)C1CSC2CCCCCC21N. The van der Waals surface area contributed by atoms with Gasteiger partial charge in [0.15, 0.2) is 0 Å². The molecular formula is C11H19NO2S. The topological polar surface area (TPSA) is 52.3 Å². The predicted octanol–water partition coefficient (Wildman–Crippen LogP) is 1.55. The maximum atomic E-state index is 11.7. The fourth-order valence-electron chi connectivity index (χ4n) is 2.80. The second-order valence-electron chi connectivity index (χ2n) is 4.61.